The van der Waals surface area contributed by atoms with Crippen LogP contribution in [0, 0.1) is 11.8 Å². The molecule has 0 aliphatic heterocycles. The minimum absolute atomic E-state index is 0.0138. The van der Waals surface area contributed by atoms with Crippen LogP contribution in [-0.2, 0) is 9.53 Å². The summed E-state index contributed by atoms with van der Waals surface area (Å²) in [6, 6.07) is 0. The molecule has 1 rings (SSSR count). The summed E-state index contributed by atoms with van der Waals surface area (Å²) >= 11 is 11.0. The topological polar surface area (TPSA) is 67.6 Å². The molecule has 0 aromatic carbocycles. The van der Waals surface area contributed by atoms with Crippen LogP contribution in [0.4, 0.5) is 0 Å². The van der Waals surface area contributed by atoms with Gasteiger partial charge in [-0.25, -0.2) is 0 Å². The lowest BCUT2D eigenvalue weighted by Gasteiger charge is -2.28. The van der Waals surface area contributed by atoms with E-state index < -0.39 is 6.29 Å². The van der Waals surface area contributed by atoms with Crippen molar-refractivity contribution in [3.63, 3.8) is 0 Å². The molecular weight excluding hydrogens is 265 g/mol. The Labute approximate surface area is 112 Å². The van der Waals surface area contributed by atoms with Gasteiger partial charge in [0.1, 0.15) is 6.29 Å². The molecule has 0 spiro atoms. The first kappa shape index (κ1) is 15.0. The zero-order valence-corrected chi connectivity index (χ0v) is 11.4. The molecule has 100 valence electrons. The van der Waals surface area contributed by atoms with Crippen LogP contribution in [0.1, 0.15) is 25.7 Å². The molecule has 0 amide bonds. The summed E-state index contributed by atoms with van der Waals surface area (Å²) < 4.78 is 5.64. The van der Waals surface area contributed by atoms with Gasteiger partial charge >= 0.3 is 5.97 Å². The molecule has 1 aliphatic rings. The highest BCUT2D eigenvalue weighted by Crippen LogP contribution is 2.29. The van der Waals surface area contributed by atoms with Crippen molar-refractivity contribution in [3.05, 3.63) is 0 Å². The molecule has 1 unspecified atom stereocenters. The fraction of sp³-hybridized carbons (Fsp3) is 0.900. The zero-order valence-electron chi connectivity index (χ0n) is 9.86. The Morgan fingerprint density at radius 2 is 2.29 bits per heavy atom. The second-order valence-electron chi connectivity index (χ2n) is 4.36. The number of esters is 1. The molecule has 0 radical (unpaired) electrons. The second-order valence-corrected chi connectivity index (χ2v) is 5.27. The number of carbonyl (C=O) groups excluding carboxylic acids is 1. The van der Waals surface area contributed by atoms with Gasteiger partial charge in [0.05, 0.1) is 13.0 Å². The summed E-state index contributed by atoms with van der Waals surface area (Å²) in [6.07, 6.45) is 3.27. The summed E-state index contributed by atoms with van der Waals surface area (Å²) in [5.41, 5.74) is 5.61. The number of nitrogens with two attached hydrogens (primary N) is 1. The molecular formula is C10H19Cl2N3O2. The second kappa shape index (κ2) is 7.38. The van der Waals surface area contributed by atoms with E-state index >= 15 is 0 Å². The SMILES string of the molecule is COC(=O)[C@@H]1CCC[C@H](CNC(N)N(Cl)Cl)C1. The number of hydrogen-bond acceptors (Lipinski definition) is 5. The van der Waals surface area contributed by atoms with E-state index in [1.54, 1.807) is 0 Å². The number of ether oxygens (including phenoxy) is 1. The maximum atomic E-state index is 11.4. The first-order valence-corrected chi connectivity index (χ1v) is 6.39. The summed E-state index contributed by atoms with van der Waals surface area (Å²) in [5.74, 6) is 0.308. The van der Waals surface area contributed by atoms with Crippen molar-refractivity contribution in [2.75, 3.05) is 13.7 Å². The lowest BCUT2D eigenvalue weighted by molar-refractivity contribution is -0.147. The number of halogens is 2. The Balaban J connectivity index is 2.32. The number of carbonyl (C=O) groups is 1. The van der Waals surface area contributed by atoms with E-state index in [2.05, 4.69) is 5.32 Å². The molecule has 0 aromatic rings. The van der Waals surface area contributed by atoms with Crippen LogP contribution in [-0.4, -0.2) is 29.9 Å². The fourth-order valence-corrected chi connectivity index (χ4v) is 2.35. The molecule has 3 atom stereocenters. The number of nitrogens with zero attached hydrogens (tertiary/aromatic N) is 1. The molecule has 0 aromatic heterocycles. The molecule has 0 heterocycles. The van der Waals surface area contributed by atoms with Crippen LogP contribution in [0.15, 0.2) is 0 Å². The van der Waals surface area contributed by atoms with Gasteiger partial charge in [0, 0.05) is 6.54 Å². The minimum atomic E-state index is -0.586. The summed E-state index contributed by atoms with van der Waals surface area (Å²) in [7, 11) is 1.43. The molecule has 0 saturated heterocycles. The molecule has 3 N–H and O–H groups in total. The maximum absolute atomic E-state index is 11.4. The fourth-order valence-electron chi connectivity index (χ4n) is 2.21. The third-order valence-electron chi connectivity index (χ3n) is 3.14. The van der Waals surface area contributed by atoms with E-state index in [0.29, 0.717) is 12.5 Å². The highest BCUT2D eigenvalue weighted by atomic mass is 35.5. The summed E-state index contributed by atoms with van der Waals surface area (Å²) in [4.78, 5) is 11.4. The number of rotatable bonds is 5. The van der Waals surface area contributed by atoms with Gasteiger partial charge in [-0.3, -0.25) is 10.1 Å². The van der Waals surface area contributed by atoms with E-state index in [0.717, 1.165) is 29.6 Å². The lowest BCUT2D eigenvalue weighted by atomic mass is 9.81. The third-order valence-corrected chi connectivity index (χ3v) is 3.56. The van der Waals surface area contributed by atoms with Crippen LogP contribution < -0.4 is 11.1 Å². The minimum Gasteiger partial charge on any atom is -0.469 e. The Morgan fingerprint density at radius 1 is 1.59 bits per heavy atom. The van der Waals surface area contributed by atoms with Crippen molar-refractivity contribution >= 4 is 29.5 Å². The molecule has 1 saturated carbocycles. The Kier molecular flexibility index (Phi) is 6.51. The van der Waals surface area contributed by atoms with Gasteiger partial charge in [-0.1, -0.05) is 10.4 Å². The largest absolute Gasteiger partial charge is 0.469 e. The van der Waals surface area contributed by atoms with Crippen molar-refractivity contribution in [1.29, 1.82) is 0 Å². The zero-order chi connectivity index (χ0) is 12.8. The van der Waals surface area contributed by atoms with Crippen LogP contribution in [0.3, 0.4) is 0 Å². The molecule has 7 heteroatoms. The van der Waals surface area contributed by atoms with E-state index in [9.17, 15) is 4.79 Å². The number of methoxy groups -OCH3 is 1. The molecule has 5 nitrogen and oxygen atoms in total. The Morgan fingerprint density at radius 3 is 2.88 bits per heavy atom. The number of hydrogen-bond donors (Lipinski definition) is 2. The van der Waals surface area contributed by atoms with E-state index in [1.165, 1.54) is 7.11 Å². The monoisotopic (exact) mass is 283 g/mol. The summed E-state index contributed by atoms with van der Waals surface area (Å²) in [6.45, 7) is 0.699. The van der Waals surface area contributed by atoms with Gasteiger partial charge < -0.3 is 10.5 Å². The first-order valence-electron chi connectivity index (χ1n) is 5.72. The average Bonchev–Trinajstić information content (AvgIpc) is 2.35. The first-order chi connectivity index (χ1) is 8.04. The van der Waals surface area contributed by atoms with Gasteiger partial charge in [-0.15, -0.1) is 0 Å². The standard InChI is InChI=1S/C10H19Cl2N3O2/c1-17-9(16)8-4-2-3-7(5-8)6-14-10(13)15(11)12/h7-8,10,14H,2-6,13H2,1H3/t7-,8+,10?/m0/s1. The maximum Gasteiger partial charge on any atom is 0.308 e. The van der Waals surface area contributed by atoms with Crippen molar-refractivity contribution < 1.29 is 9.53 Å². The van der Waals surface area contributed by atoms with E-state index in [1.807, 2.05) is 0 Å². The highest BCUT2D eigenvalue weighted by Gasteiger charge is 2.28. The Hall–Kier alpha value is -0.0700. The van der Waals surface area contributed by atoms with Gasteiger partial charge in [0.15, 0.2) is 0 Å². The third kappa shape index (κ3) is 4.97. The predicted molar refractivity (Wildman–Crippen MR) is 67.0 cm³/mol. The highest BCUT2D eigenvalue weighted by molar-refractivity contribution is 6.33. The van der Waals surface area contributed by atoms with Gasteiger partial charge in [0.25, 0.3) is 0 Å². The van der Waals surface area contributed by atoms with Gasteiger partial charge in [-0.05, 0) is 48.7 Å². The van der Waals surface area contributed by atoms with Crippen LogP contribution in [0.5, 0.6) is 0 Å². The summed E-state index contributed by atoms with van der Waals surface area (Å²) in [5, 5.41) is 3.02. The van der Waals surface area contributed by atoms with Crippen LogP contribution >= 0.6 is 23.6 Å². The van der Waals surface area contributed by atoms with Crippen LogP contribution in [0.25, 0.3) is 0 Å². The Bertz CT molecular complexity index is 254. The van der Waals surface area contributed by atoms with E-state index in [4.69, 9.17) is 34.0 Å². The van der Waals surface area contributed by atoms with Crippen molar-refractivity contribution in [1.82, 2.24) is 9.25 Å². The van der Waals surface area contributed by atoms with Crippen molar-refractivity contribution in [2.24, 2.45) is 17.6 Å². The average molecular weight is 284 g/mol. The molecule has 1 aliphatic carbocycles. The smallest absolute Gasteiger partial charge is 0.308 e. The molecule has 0 bridgehead atoms. The van der Waals surface area contributed by atoms with Gasteiger partial charge in [0.2, 0.25) is 0 Å². The number of nitrogens with one attached hydrogen (secondary N) is 1. The molecule has 1 fully saturated rings. The quantitative estimate of drug-likeness (QED) is 0.454. The van der Waals surface area contributed by atoms with Crippen molar-refractivity contribution in [3.8, 4) is 0 Å². The predicted octanol–water partition coefficient (Wildman–Crippen LogP) is 1.41. The lowest BCUT2D eigenvalue weighted by Crippen LogP contribution is -2.46. The van der Waals surface area contributed by atoms with Crippen LogP contribution in [0.2, 0.25) is 0 Å². The molecule has 17 heavy (non-hydrogen) atoms. The van der Waals surface area contributed by atoms with Crippen molar-refractivity contribution in [2.45, 2.75) is 32.0 Å². The van der Waals surface area contributed by atoms with E-state index in [-0.39, 0.29) is 11.9 Å². The van der Waals surface area contributed by atoms with Gasteiger partial charge in [-0.2, -0.15) is 0 Å². The normalized spacial score (nSPS) is 26.9.